The number of benzene rings is 2. The van der Waals surface area contributed by atoms with Gasteiger partial charge in [0.1, 0.15) is 17.2 Å². The average molecular weight is 461 g/mol. The molecule has 0 saturated heterocycles. The molecule has 3 N–H and O–H groups in total. The number of phenolic OH excluding ortho intramolecular Hbond substituents is 1. The lowest BCUT2D eigenvalue weighted by Crippen LogP contribution is -2.32. The Hall–Kier alpha value is -3.26. The van der Waals surface area contributed by atoms with Gasteiger partial charge in [-0.1, -0.05) is 18.0 Å². The summed E-state index contributed by atoms with van der Waals surface area (Å²) in [5.74, 6) is -1.31. The van der Waals surface area contributed by atoms with E-state index in [2.05, 4.69) is 15.4 Å². The van der Waals surface area contributed by atoms with Crippen LogP contribution in [0.1, 0.15) is 42.1 Å². The highest BCUT2D eigenvalue weighted by Gasteiger charge is 2.20. The van der Waals surface area contributed by atoms with E-state index in [0.29, 0.717) is 35.2 Å². The van der Waals surface area contributed by atoms with Crippen LogP contribution in [0.4, 0.5) is 5.69 Å². The molecule has 3 rings (SSSR count). The first-order valence-electron chi connectivity index (χ1n) is 10.4. The summed E-state index contributed by atoms with van der Waals surface area (Å²) in [6, 6.07) is 7.37. The van der Waals surface area contributed by atoms with Crippen LogP contribution in [0.15, 0.2) is 30.3 Å². The van der Waals surface area contributed by atoms with Gasteiger partial charge in [0.15, 0.2) is 0 Å². The van der Waals surface area contributed by atoms with E-state index in [0.717, 1.165) is 12.8 Å². The van der Waals surface area contributed by atoms with Crippen molar-refractivity contribution in [3.05, 3.63) is 46.5 Å². The first-order valence-corrected chi connectivity index (χ1v) is 10.7. The van der Waals surface area contributed by atoms with Gasteiger partial charge in [0.2, 0.25) is 0 Å². The Balaban J connectivity index is 1.73. The largest absolute Gasteiger partial charge is 0.507 e. The van der Waals surface area contributed by atoms with Gasteiger partial charge < -0.3 is 25.2 Å². The molecule has 2 amide bonds. The van der Waals surface area contributed by atoms with Crippen molar-refractivity contribution in [3.8, 4) is 17.2 Å². The zero-order valence-corrected chi connectivity index (χ0v) is 18.6. The molecule has 0 aromatic heterocycles. The monoisotopic (exact) mass is 460 g/mol. The van der Waals surface area contributed by atoms with Crippen LogP contribution in [-0.4, -0.2) is 36.0 Å². The van der Waals surface area contributed by atoms with E-state index in [4.69, 9.17) is 16.3 Å². The van der Waals surface area contributed by atoms with Gasteiger partial charge in [-0.3, -0.25) is 9.59 Å². The molecule has 9 heteroatoms. The number of amides is 2. The lowest BCUT2D eigenvalue weighted by atomic mass is 9.85. The predicted molar refractivity (Wildman–Crippen MR) is 119 cm³/mol. The SMILES string of the molecule is CCOC(=O)C(=O)Nc1cc(C)c(Oc2ccc(O)c(C(=O)NCC3CCC3)c2)c(Cl)c1. The van der Waals surface area contributed by atoms with Crippen LogP contribution in [0, 0.1) is 12.8 Å². The molecule has 0 spiro atoms. The topological polar surface area (TPSA) is 114 Å². The van der Waals surface area contributed by atoms with Gasteiger partial charge in [-0.2, -0.15) is 0 Å². The third-order valence-electron chi connectivity index (χ3n) is 5.16. The van der Waals surface area contributed by atoms with E-state index >= 15 is 0 Å². The molecule has 0 heterocycles. The standard InChI is InChI=1S/C23H25ClN2O6/c1-3-31-23(30)22(29)26-15-9-13(2)20(18(24)10-15)32-16-7-8-19(27)17(11-16)21(28)25-12-14-5-4-6-14/h7-11,14,27H,3-6,12H2,1-2H3,(H,25,28)(H,26,29). The van der Waals surface area contributed by atoms with Crippen LogP contribution in [-0.2, 0) is 14.3 Å². The maximum absolute atomic E-state index is 12.5. The van der Waals surface area contributed by atoms with Crippen LogP contribution < -0.4 is 15.4 Å². The average Bonchev–Trinajstić information content (AvgIpc) is 2.70. The molecule has 0 atom stereocenters. The zero-order chi connectivity index (χ0) is 23.3. The van der Waals surface area contributed by atoms with Gasteiger partial charge in [-0.05, 0) is 68.5 Å². The van der Waals surface area contributed by atoms with Crippen LogP contribution in [0.25, 0.3) is 0 Å². The van der Waals surface area contributed by atoms with Gasteiger partial charge in [0.05, 0.1) is 17.2 Å². The number of phenols is 1. The van der Waals surface area contributed by atoms with E-state index in [1.165, 1.54) is 30.7 Å². The minimum Gasteiger partial charge on any atom is -0.507 e. The molecule has 0 radical (unpaired) electrons. The number of nitrogens with one attached hydrogen (secondary N) is 2. The fourth-order valence-electron chi connectivity index (χ4n) is 3.22. The summed E-state index contributed by atoms with van der Waals surface area (Å²) in [5, 5.41) is 15.6. The highest BCUT2D eigenvalue weighted by molar-refractivity contribution is 6.37. The molecule has 170 valence electrons. The summed E-state index contributed by atoms with van der Waals surface area (Å²) >= 11 is 6.33. The van der Waals surface area contributed by atoms with Crippen molar-refractivity contribution in [2.24, 2.45) is 5.92 Å². The Morgan fingerprint density at radius 1 is 1.19 bits per heavy atom. The van der Waals surface area contributed by atoms with Crippen molar-refractivity contribution in [2.75, 3.05) is 18.5 Å². The van der Waals surface area contributed by atoms with Crippen LogP contribution in [0.2, 0.25) is 5.02 Å². The molecule has 2 aromatic carbocycles. The molecule has 1 aliphatic carbocycles. The molecule has 2 aromatic rings. The number of aromatic hydroxyl groups is 1. The second-order valence-corrected chi connectivity index (χ2v) is 7.97. The molecular formula is C23H25ClN2O6. The van der Waals surface area contributed by atoms with Crippen molar-refractivity contribution in [1.82, 2.24) is 5.32 Å². The van der Waals surface area contributed by atoms with Crippen LogP contribution >= 0.6 is 11.6 Å². The van der Waals surface area contributed by atoms with Gasteiger partial charge in [-0.15, -0.1) is 0 Å². The molecule has 32 heavy (non-hydrogen) atoms. The third kappa shape index (κ3) is 5.70. The van der Waals surface area contributed by atoms with E-state index in [-0.39, 0.29) is 28.8 Å². The fraction of sp³-hybridized carbons (Fsp3) is 0.348. The summed E-state index contributed by atoms with van der Waals surface area (Å²) in [7, 11) is 0. The van der Waals surface area contributed by atoms with E-state index in [9.17, 15) is 19.5 Å². The van der Waals surface area contributed by atoms with Crippen LogP contribution in [0.5, 0.6) is 17.2 Å². The smallest absolute Gasteiger partial charge is 0.397 e. The molecule has 0 unspecified atom stereocenters. The van der Waals surface area contributed by atoms with Gasteiger partial charge in [-0.25, -0.2) is 4.79 Å². The molecular weight excluding hydrogens is 436 g/mol. The van der Waals surface area contributed by atoms with Crippen molar-refractivity contribution in [1.29, 1.82) is 0 Å². The number of halogens is 1. The lowest BCUT2D eigenvalue weighted by molar-refractivity contribution is -0.152. The molecule has 0 aliphatic heterocycles. The molecule has 0 bridgehead atoms. The van der Waals surface area contributed by atoms with E-state index in [1.807, 2.05) is 0 Å². The Bertz CT molecular complexity index is 1010. The van der Waals surface area contributed by atoms with Crippen molar-refractivity contribution in [2.45, 2.75) is 33.1 Å². The van der Waals surface area contributed by atoms with Gasteiger partial charge in [0.25, 0.3) is 5.91 Å². The number of carbonyl (C=O) groups is 3. The van der Waals surface area contributed by atoms with E-state index < -0.39 is 11.9 Å². The van der Waals surface area contributed by atoms with Gasteiger partial charge >= 0.3 is 11.9 Å². The summed E-state index contributed by atoms with van der Waals surface area (Å²) in [6.07, 6.45) is 3.38. The van der Waals surface area contributed by atoms with Crippen molar-refractivity contribution < 1.29 is 29.0 Å². The van der Waals surface area contributed by atoms with Crippen LogP contribution in [0.3, 0.4) is 0 Å². The molecule has 1 aliphatic rings. The highest BCUT2D eigenvalue weighted by Crippen LogP contribution is 2.36. The number of hydrogen-bond acceptors (Lipinski definition) is 6. The molecule has 1 saturated carbocycles. The summed E-state index contributed by atoms with van der Waals surface area (Å²) in [5.41, 5.74) is 0.995. The minimum atomic E-state index is -0.992. The first kappa shape index (κ1) is 23.4. The van der Waals surface area contributed by atoms with Crippen molar-refractivity contribution in [3.63, 3.8) is 0 Å². The second kappa shape index (κ2) is 10.4. The fourth-order valence-corrected chi connectivity index (χ4v) is 3.52. The molecule has 8 nitrogen and oxygen atoms in total. The molecule has 1 fully saturated rings. The number of hydrogen-bond donors (Lipinski definition) is 3. The quantitative estimate of drug-likeness (QED) is 0.422. The second-order valence-electron chi connectivity index (χ2n) is 7.57. The Labute approximate surface area is 190 Å². The van der Waals surface area contributed by atoms with Crippen molar-refractivity contribution >= 4 is 35.1 Å². The highest BCUT2D eigenvalue weighted by atomic mass is 35.5. The predicted octanol–water partition coefficient (Wildman–Crippen LogP) is 4.18. The van der Waals surface area contributed by atoms with Gasteiger partial charge in [0, 0.05) is 12.2 Å². The number of carbonyl (C=O) groups excluding carboxylic acids is 3. The lowest BCUT2D eigenvalue weighted by Gasteiger charge is -2.25. The Morgan fingerprint density at radius 3 is 2.56 bits per heavy atom. The number of aryl methyl sites for hydroxylation is 1. The van der Waals surface area contributed by atoms with E-state index in [1.54, 1.807) is 19.9 Å². The number of anilines is 1. The summed E-state index contributed by atoms with van der Waals surface area (Å²) in [6.45, 7) is 3.98. The summed E-state index contributed by atoms with van der Waals surface area (Å²) in [4.78, 5) is 35.8. The Kier molecular flexibility index (Phi) is 7.58. The maximum atomic E-state index is 12.5. The number of ether oxygens (including phenoxy) is 2. The number of rotatable bonds is 7. The minimum absolute atomic E-state index is 0.0893. The zero-order valence-electron chi connectivity index (χ0n) is 17.9. The third-order valence-corrected chi connectivity index (χ3v) is 5.44. The number of esters is 1. The normalized spacial score (nSPS) is 13.1. The maximum Gasteiger partial charge on any atom is 0.397 e. The summed E-state index contributed by atoms with van der Waals surface area (Å²) < 4.78 is 10.5. The first-order chi connectivity index (χ1) is 15.3. The Morgan fingerprint density at radius 2 is 1.94 bits per heavy atom.